The van der Waals surface area contributed by atoms with E-state index in [0.717, 1.165) is 0 Å². The first-order valence-corrected chi connectivity index (χ1v) is 9.37. The van der Waals surface area contributed by atoms with Gasteiger partial charge in [-0.05, 0) is 31.2 Å². The van der Waals surface area contributed by atoms with E-state index in [1.54, 1.807) is 6.92 Å². The second-order valence-corrected chi connectivity index (χ2v) is 7.92. The molecule has 0 spiro atoms. The van der Waals surface area contributed by atoms with Gasteiger partial charge in [-0.25, -0.2) is 21.8 Å². The summed E-state index contributed by atoms with van der Waals surface area (Å²) in [6.45, 7) is 0.949. The SMILES string of the molecule is CC1=NN(c2ccc(S(=O)(=O)CCOS(=O)(=O)[O-])cc2)C(=O)C1.[Na+]. The van der Waals surface area contributed by atoms with Crippen molar-refractivity contribution in [3.05, 3.63) is 24.3 Å². The van der Waals surface area contributed by atoms with E-state index < -0.39 is 32.6 Å². The molecule has 0 atom stereocenters. The zero-order chi connectivity index (χ0) is 17.3. The van der Waals surface area contributed by atoms with E-state index in [4.69, 9.17) is 0 Å². The Kier molecular flexibility index (Phi) is 7.11. The Morgan fingerprint density at radius 3 is 2.25 bits per heavy atom. The summed E-state index contributed by atoms with van der Waals surface area (Å²) in [5.74, 6) is -0.875. The molecule has 0 aromatic heterocycles. The van der Waals surface area contributed by atoms with Gasteiger partial charge >= 0.3 is 29.6 Å². The molecule has 1 amide bonds. The van der Waals surface area contributed by atoms with Crippen LogP contribution in [0.1, 0.15) is 13.3 Å². The summed E-state index contributed by atoms with van der Waals surface area (Å²) in [4.78, 5) is 11.6. The van der Waals surface area contributed by atoms with Crippen LogP contribution in [0.2, 0.25) is 0 Å². The van der Waals surface area contributed by atoms with E-state index in [0.29, 0.717) is 11.4 Å². The summed E-state index contributed by atoms with van der Waals surface area (Å²) in [5, 5.41) is 5.22. The Morgan fingerprint density at radius 2 is 1.79 bits per heavy atom. The van der Waals surface area contributed by atoms with Crippen LogP contribution in [0, 0.1) is 0 Å². The van der Waals surface area contributed by atoms with Gasteiger partial charge in [0.05, 0.1) is 29.4 Å². The number of hydrazone groups is 1. The van der Waals surface area contributed by atoms with Crippen LogP contribution in [-0.4, -0.2) is 45.4 Å². The molecule has 0 aliphatic carbocycles. The van der Waals surface area contributed by atoms with Crippen LogP contribution in [0.5, 0.6) is 0 Å². The fourth-order valence-electron chi connectivity index (χ4n) is 1.92. The molecule has 12 heteroatoms. The van der Waals surface area contributed by atoms with Crippen molar-refractivity contribution in [1.82, 2.24) is 0 Å². The van der Waals surface area contributed by atoms with Gasteiger partial charge in [-0.2, -0.15) is 5.10 Å². The molecule has 0 N–H and O–H groups in total. The van der Waals surface area contributed by atoms with Crippen LogP contribution >= 0.6 is 0 Å². The molecule has 0 fully saturated rings. The second-order valence-electron chi connectivity index (χ2n) is 4.76. The van der Waals surface area contributed by atoms with E-state index in [1.165, 1.54) is 29.3 Å². The molecule has 0 unspecified atom stereocenters. The molecule has 1 aromatic carbocycles. The average molecular weight is 384 g/mol. The zero-order valence-electron chi connectivity index (χ0n) is 13.0. The summed E-state index contributed by atoms with van der Waals surface area (Å²) in [6, 6.07) is 5.37. The normalized spacial score (nSPS) is 15.2. The first kappa shape index (κ1) is 21.2. The van der Waals surface area contributed by atoms with Crippen LogP contribution in [0.3, 0.4) is 0 Å². The number of anilines is 1. The third kappa shape index (κ3) is 5.62. The predicted molar refractivity (Wildman–Crippen MR) is 79.4 cm³/mol. The first-order valence-electron chi connectivity index (χ1n) is 6.38. The Morgan fingerprint density at radius 1 is 1.21 bits per heavy atom. The van der Waals surface area contributed by atoms with Gasteiger partial charge in [-0.3, -0.25) is 8.98 Å². The molecule has 0 saturated heterocycles. The summed E-state index contributed by atoms with van der Waals surface area (Å²) in [5.41, 5.74) is 1.08. The molecule has 1 aliphatic heterocycles. The fourth-order valence-corrected chi connectivity index (χ4v) is 3.40. The minimum Gasteiger partial charge on any atom is -0.726 e. The fraction of sp³-hybridized carbons (Fsp3) is 0.333. The Bertz CT molecular complexity index is 848. The van der Waals surface area contributed by atoms with Gasteiger partial charge in [0.15, 0.2) is 9.84 Å². The average Bonchev–Trinajstić information content (AvgIpc) is 2.76. The van der Waals surface area contributed by atoms with Crippen LogP contribution in [0.25, 0.3) is 0 Å². The van der Waals surface area contributed by atoms with Gasteiger partial charge in [0.2, 0.25) is 10.4 Å². The number of rotatable bonds is 6. The summed E-state index contributed by atoms with van der Waals surface area (Å²) >= 11 is 0. The van der Waals surface area contributed by atoms with Gasteiger partial charge in [-0.1, -0.05) is 0 Å². The summed E-state index contributed by atoms with van der Waals surface area (Å²) in [6.07, 6.45) is 0.209. The smallest absolute Gasteiger partial charge is 0.726 e. The molecule has 0 bridgehead atoms. The number of amides is 1. The standard InChI is InChI=1S/C12H14N2O7S2.Na/c1-9-8-12(15)14(13-9)10-2-4-11(5-3-10)22(16,17)7-6-21-23(18,19)20;/h2-5H,6-8H2,1H3,(H,18,19,20);/q;+1/p-1. The van der Waals surface area contributed by atoms with Crippen LogP contribution in [0.4, 0.5) is 5.69 Å². The number of sulfone groups is 1. The number of carbonyl (C=O) groups excluding carboxylic acids is 1. The zero-order valence-corrected chi connectivity index (χ0v) is 16.6. The van der Waals surface area contributed by atoms with Crippen LogP contribution < -0.4 is 34.6 Å². The van der Waals surface area contributed by atoms with Crippen molar-refractivity contribution >= 4 is 37.5 Å². The molecule has 1 heterocycles. The summed E-state index contributed by atoms with van der Waals surface area (Å²) < 4.78 is 58.7. The third-order valence-corrected chi connectivity index (χ3v) is 5.08. The minimum absolute atomic E-state index is 0. The van der Waals surface area contributed by atoms with Crippen molar-refractivity contribution in [3.63, 3.8) is 0 Å². The number of carbonyl (C=O) groups is 1. The molecular weight excluding hydrogens is 371 g/mol. The monoisotopic (exact) mass is 384 g/mol. The Hall–Kier alpha value is -0.820. The third-order valence-electron chi connectivity index (χ3n) is 2.93. The molecule has 9 nitrogen and oxygen atoms in total. The largest absolute Gasteiger partial charge is 1.00 e. The number of nitrogens with zero attached hydrogens (tertiary/aromatic N) is 2. The number of benzene rings is 1. The van der Waals surface area contributed by atoms with Crippen molar-refractivity contribution in [2.24, 2.45) is 5.10 Å². The molecule has 1 aromatic rings. The van der Waals surface area contributed by atoms with Crippen molar-refractivity contribution in [1.29, 1.82) is 0 Å². The van der Waals surface area contributed by atoms with Crippen molar-refractivity contribution in [2.75, 3.05) is 17.4 Å². The van der Waals surface area contributed by atoms with E-state index in [2.05, 4.69) is 9.28 Å². The molecule has 2 rings (SSSR count). The summed E-state index contributed by atoms with van der Waals surface area (Å²) in [7, 11) is -8.75. The van der Waals surface area contributed by atoms with Crippen LogP contribution in [-0.2, 0) is 29.2 Å². The molecule has 24 heavy (non-hydrogen) atoms. The molecular formula is C12H13N2NaO7S2. The quantitative estimate of drug-likeness (QED) is 0.291. The van der Waals surface area contributed by atoms with Gasteiger partial charge < -0.3 is 4.55 Å². The van der Waals surface area contributed by atoms with E-state index >= 15 is 0 Å². The maximum atomic E-state index is 12.0. The topological polar surface area (TPSA) is 133 Å². The first-order chi connectivity index (χ1) is 10.6. The maximum Gasteiger partial charge on any atom is 1.00 e. The number of hydrogen-bond acceptors (Lipinski definition) is 8. The van der Waals surface area contributed by atoms with E-state index in [9.17, 15) is 26.2 Å². The maximum absolute atomic E-state index is 12.0. The predicted octanol–water partition coefficient (Wildman–Crippen LogP) is -2.95. The Labute approximate surface area is 161 Å². The van der Waals surface area contributed by atoms with Crippen molar-refractivity contribution < 1.29 is 59.9 Å². The Balaban J connectivity index is 0.00000288. The van der Waals surface area contributed by atoms with Crippen molar-refractivity contribution in [2.45, 2.75) is 18.2 Å². The van der Waals surface area contributed by atoms with Gasteiger partial charge in [0.25, 0.3) is 5.91 Å². The van der Waals surface area contributed by atoms with E-state index in [1.807, 2.05) is 0 Å². The molecule has 0 radical (unpaired) electrons. The van der Waals surface area contributed by atoms with Crippen LogP contribution in [0.15, 0.2) is 34.3 Å². The second kappa shape index (κ2) is 8.04. The molecule has 1 aliphatic rings. The molecule has 0 saturated carbocycles. The molecule has 126 valence electrons. The minimum atomic E-state index is -4.93. The van der Waals surface area contributed by atoms with E-state index in [-0.39, 0.29) is 46.8 Å². The van der Waals surface area contributed by atoms with Gasteiger partial charge in [-0.15, -0.1) is 0 Å². The van der Waals surface area contributed by atoms with Gasteiger partial charge in [0, 0.05) is 5.71 Å². The van der Waals surface area contributed by atoms with Gasteiger partial charge in [0.1, 0.15) is 0 Å². The van der Waals surface area contributed by atoms with Crippen molar-refractivity contribution in [3.8, 4) is 0 Å². The number of hydrogen-bond donors (Lipinski definition) is 0.